The molecule has 2 aromatic rings. The Balaban J connectivity index is 1.96. The van der Waals surface area contributed by atoms with Gasteiger partial charge in [0.15, 0.2) is 18.1 Å². The molecule has 2 rings (SSSR count). The Hall–Kier alpha value is -2.73. The second kappa shape index (κ2) is 9.83. The molecular weight excluding hydrogens is 368 g/mol. The Kier molecular flexibility index (Phi) is 7.49. The molecule has 0 heterocycles. The second-order valence-electron chi connectivity index (χ2n) is 5.82. The Labute approximate surface area is 164 Å². The molecule has 2 aromatic carbocycles. The average molecular weight is 391 g/mol. The molecule has 0 aliphatic rings. The number of benzene rings is 2. The SMILES string of the molecule is CCOc1cc(/C=N\NC(=O)COc2cc(C)ccc2C)cc(Cl)c1OC. The lowest BCUT2D eigenvalue weighted by Gasteiger charge is -2.11. The summed E-state index contributed by atoms with van der Waals surface area (Å²) in [5.41, 5.74) is 5.12. The van der Waals surface area contributed by atoms with Crippen molar-refractivity contribution >= 4 is 23.7 Å². The highest BCUT2D eigenvalue weighted by atomic mass is 35.5. The van der Waals surface area contributed by atoms with Gasteiger partial charge in [-0.2, -0.15) is 5.10 Å². The van der Waals surface area contributed by atoms with E-state index in [1.165, 1.54) is 13.3 Å². The van der Waals surface area contributed by atoms with E-state index in [1.54, 1.807) is 12.1 Å². The molecule has 6 nitrogen and oxygen atoms in total. The minimum Gasteiger partial charge on any atom is -0.491 e. The minimum atomic E-state index is -0.364. The van der Waals surface area contributed by atoms with Crippen LogP contribution in [-0.2, 0) is 4.79 Å². The molecule has 0 saturated heterocycles. The van der Waals surface area contributed by atoms with E-state index in [1.807, 2.05) is 39.0 Å². The van der Waals surface area contributed by atoms with E-state index in [-0.39, 0.29) is 12.5 Å². The summed E-state index contributed by atoms with van der Waals surface area (Å²) >= 11 is 6.18. The van der Waals surface area contributed by atoms with Crippen LogP contribution in [0.2, 0.25) is 5.02 Å². The molecule has 0 spiro atoms. The molecule has 0 aliphatic carbocycles. The van der Waals surface area contributed by atoms with E-state index in [0.29, 0.717) is 34.4 Å². The molecule has 27 heavy (non-hydrogen) atoms. The summed E-state index contributed by atoms with van der Waals surface area (Å²) in [6, 6.07) is 9.23. The van der Waals surface area contributed by atoms with Gasteiger partial charge in [-0.3, -0.25) is 4.79 Å². The van der Waals surface area contributed by atoms with Crippen LogP contribution in [0.4, 0.5) is 0 Å². The van der Waals surface area contributed by atoms with Crippen LogP contribution in [0.1, 0.15) is 23.6 Å². The fraction of sp³-hybridized carbons (Fsp3) is 0.300. The van der Waals surface area contributed by atoms with Crippen molar-refractivity contribution in [2.24, 2.45) is 5.10 Å². The zero-order valence-corrected chi connectivity index (χ0v) is 16.6. The Morgan fingerprint density at radius 1 is 1.19 bits per heavy atom. The number of carbonyl (C=O) groups excluding carboxylic acids is 1. The van der Waals surface area contributed by atoms with Gasteiger partial charge in [-0.15, -0.1) is 0 Å². The number of rotatable bonds is 8. The molecular formula is C20H23ClN2O4. The zero-order chi connectivity index (χ0) is 19.8. The molecule has 144 valence electrons. The van der Waals surface area contributed by atoms with Gasteiger partial charge in [0.2, 0.25) is 0 Å². The highest BCUT2D eigenvalue weighted by molar-refractivity contribution is 6.32. The fourth-order valence-corrected chi connectivity index (χ4v) is 2.64. The lowest BCUT2D eigenvalue weighted by molar-refractivity contribution is -0.123. The van der Waals surface area contributed by atoms with Crippen LogP contribution < -0.4 is 19.6 Å². The molecule has 0 saturated carbocycles. The number of methoxy groups -OCH3 is 1. The predicted molar refractivity (Wildman–Crippen MR) is 106 cm³/mol. The summed E-state index contributed by atoms with van der Waals surface area (Å²) in [6.45, 7) is 6.10. The van der Waals surface area contributed by atoms with Gasteiger partial charge in [-0.25, -0.2) is 5.43 Å². The van der Waals surface area contributed by atoms with Crippen molar-refractivity contribution in [2.75, 3.05) is 20.3 Å². The van der Waals surface area contributed by atoms with Crippen LogP contribution in [0.15, 0.2) is 35.4 Å². The van der Waals surface area contributed by atoms with Crippen LogP contribution in [-0.4, -0.2) is 32.4 Å². The average Bonchev–Trinajstić information content (AvgIpc) is 2.62. The molecule has 0 radical (unpaired) electrons. The topological polar surface area (TPSA) is 69.2 Å². The molecule has 0 unspecified atom stereocenters. The summed E-state index contributed by atoms with van der Waals surface area (Å²) in [5, 5.41) is 4.33. The van der Waals surface area contributed by atoms with E-state index in [2.05, 4.69) is 10.5 Å². The summed E-state index contributed by atoms with van der Waals surface area (Å²) in [4.78, 5) is 11.9. The summed E-state index contributed by atoms with van der Waals surface area (Å²) in [6.07, 6.45) is 1.48. The normalized spacial score (nSPS) is 10.7. The first-order valence-corrected chi connectivity index (χ1v) is 8.84. The third-order valence-corrected chi connectivity index (χ3v) is 3.92. The first kappa shape index (κ1) is 20.6. The molecule has 1 N–H and O–H groups in total. The van der Waals surface area contributed by atoms with Crippen LogP contribution in [0.25, 0.3) is 0 Å². The standard InChI is InChI=1S/C20H23ClN2O4/c1-5-26-18-10-15(9-16(21)20(18)25-4)11-22-23-19(24)12-27-17-8-13(2)6-7-14(17)3/h6-11H,5,12H2,1-4H3,(H,23,24)/b22-11-. The monoisotopic (exact) mass is 390 g/mol. The number of halogens is 1. The number of amides is 1. The Bertz CT molecular complexity index is 837. The van der Waals surface area contributed by atoms with Crippen molar-refractivity contribution in [1.82, 2.24) is 5.43 Å². The zero-order valence-electron chi connectivity index (χ0n) is 15.8. The number of hydrogen-bond acceptors (Lipinski definition) is 5. The lowest BCUT2D eigenvalue weighted by Crippen LogP contribution is -2.24. The van der Waals surface area contributed by atoms with Crippen molar-refractivity contribution in [3.63, 3.8) is 0 Å². The van der Waals surface area contributed by atoms with Crippen LogP contribution in [0.5, 0.6) is 17.2 Å². The number of nitrogens with zero attached hydrogens (tertiary/aromatic N) is 1. The van der Waals surface area contributed by atoms with E-state index >= 15 is 0 Å². The predicted octanol–water partition coefficient (Wildman–Crippen LogP) is 3.89. The Morgan fingerprint density at radius 2 is 1.96 bits per heavy atom. The van der Waals surface area contributed by atoms with Gasteiger partial charge in [0.25, 0.3) is 5.91 Å². The van der Waals surface area contributed by atoms with Gasteiger partial charge in [-0.05, 0) is 55.7 Å². The van der Waals surface area contributed by atoms with Gasteiger partial charge < -0.3 is 14.2 Å². The number of nitrogens with one attached hydrogen (secondary N) is 1. The summed E-state index contributed by atoms with van der Waals surface area (Å²) in [5.74, 6) is 1.29. The van der Waals surface area contributed by atoms with Crippen molar-refractivity contribution in [3.05, 3.63) is 52.0 Å². The maximum atomic E-state index is 11.9. The molecule has 7 heteroatoms. The third kappa shape index (κ3) is 5.89. The number of hydrazone groups is 1. The number of carbonyl (C=O) groups is 1. The maximum absolute atomic E-state index is 11.9. The van der Waals surface area contributed by atoms with E-state index in [0.717, 1.165) is 11.1 Å². The van der Waals surface area contributed by atoms with Gasteiger partial charge >= 0.3 is 0 Å². The van der Waals surface area contributed by atoms with Crippen molar-refractivity contribution in [3.8, 4) is 17.2 Å². The minimum absolute atomic E-state index is 0.130. The maximum Gasteiger partial charge on any atom is 0.277 e. The second-order valence-corrected chi connectivity index (χ2v) is 6.23. The first-order chi connectivity index (χ1) is 12.9. The van der Waals surface area contributed by atoms with Gasteiger partial charge in [0.1, 0.15) is 5.75 Å². The molecule has 0 aromatic heterocycles. The number of ether oxygens (including phenoxy) is 3. The summed E-state index contributed by atoms with van der Waals surface area (Å²) in [7, 11) is 1.52. The largest absolute Gasteiger partial charge is 0.491 e. The molecule has 0 bridgehead atoms. The molecule has 1 amide bonds. The smallest absolute Gasteiger partial charge is 0.277 e. The Morgan fingerprint density at radius 3 is 2.67 bits per heavy atom. The van der Waals surface area contributed by atoms with Gasteiger partial charge in [0.05, 0.1) is 25.0 Å². The van der Waals surface area contributed by atoms with Crippen molar-refractivity contribution in [2.45, 2.75) is 20.8 Å². The highest BCUT2D eigenvalue weighted by Gasteiger charge is 2.11. The highest BCUT2D eigenvalue weighted by Crippen LogP contribution is 2.35. The first-order valence-electron chi connectivity index (χ1n) is 8.46. The van der Waals surface area contributed by atoms with Gasteiger partial charge in [-0.1, -0.05) is 23.7 Å². The van der Waals surface area contributed by atoms with E-state index < -0.39 is 0 Å². The molecule has 0 fully saturated rings. The van der Waals surface area contributed by atoms with Crippen LogP contribution >= 0.6 is 11.6 Å². The number of hydrogen-bond donors (Lipinski definition) is 1. The van der Waals surface area contributed by atoms with Crippen LogP contribution in [0.3, 0.4) is 0 Å². The molecule has 0 aliphatic heterocycles. The number of aryl methyl sites for hydroxylation is 2. The molecule has 0 atom stereocenters. The van der Waals surface area contributed by atoms with Crippen molar-refractivity contribution in [1.29, 1.82) is 0 Å². The third-order valence-electron chi connectivity index (χ3n) is 3.64. The van der Waals surface area contributed by atoms with Crippen LogP contribution in [0, 0.1) is 13.8 Å². The lowest BCUT2D eigenvalue weighted by atomic mass is 10.1. The fourth-order valence-electron chi connectivity index (χ4n) is 2.34. The quantitative estimate of drug-likeness (QED) is 0.548. The summed E-state index contributed by atoms with van der Waals surface area (Å²) < 4.78 is 16.3. The van der Waals surface area contributed by atoms with Gasteiger partial charge in [0, 0.05) is 0 Å². The van der Waals surface area contributed by atoms with E-state index in [9.17, 15) is 4.79 Å². The van der Waals surface area contributed by atoms with Crippen molar-refractivity contribution < 1.29 is 19.0 Å². The van der Waals surface area contributed by atoms with E-state index in [4.69, 9.17) is 25.8 Å².